The van der Waals surface area contributed by atoms with Gasteiger partial charge in [-0.1, -0.05) is 48.0 Å². The minimum atomic E-state index is -0.488. The summed E-state index contributed by atoms with van der Waals surface area (Å²) in [4.78, 5) is 67.5. The molecule has 0 spiro atoms. The van der Waals surface area contributed by atoms with Crippen molar-refractivity contribution in [3.05, 3.63) is 93.4 Å². The number of carbonyl (C=O) groups is 3. The Morgan fingerprint density at radius 2 is 1.68 bits per heavy atom. The van der Waals surface area contributed by atoms with Crippen LogP contribution < -0.4 is 31.0 Å². The van der Waals surface area contributed by atoms with E-state index in [9.17, 15) is 19.2 Å². The van der Waals surface area contributed by atoms with Gasteiger partial charge in [0.15, 0.2) is 0 Å². The molecular formula is C39H45Cl2N9O6. The van der Waals surface area contributed by atoms with Gasteiger partial charge in [0.2, 0.25) is 23.7 Å². The van der Waals surface area contributed by atoms with Crippen molar-refractivity contribution in [2.45, 2.75) is 18.6 Å². The molecular weight excluding hydrogens is 761 g/mol. The van der Waals surface area contributed by atoms with Crippen LogP contribution in [0.5, 0.6) is 11.5 Å². The van der Waals surface area contributed by atoms with Crippen molar-refractivity contribution < 1.29 is 23.9 Å². The Morgan fingerprint density at radius 3 is 2.32 bits per heavy atom. The summed E-state index contributed by atoms with van der Waals surface area (Å²) < 4.78 is 12.4. The standard InChI is InChI=1S/C39H45Cl2N9O6/c1-8-31(51)44-27-20-49(33(53)22-48(4)5)21-28(27)45-39-42-18-24-16-26(34-35(40)29(55-6)17-30(56-7)36(34)41)38(54)50(37(24)46-39)19-23-11-9-12-25(15-23)43-32(52)13-10-14-47(2)3/h8-13,15-18,27-28H,1,14,19-22H2,2-7H3,(H,43,52)(H,44,51)(H,42,45,46)/b13-10+. The first-order valence-corrected chi connectivity index (χ1v) is 18.3. The predicted molar refractivity (Wildman–Crippen MR) is 219 cm³/mol. The maximum absolute atomic E-state index is 14.7. The number of anilines is 2. The van der Waals surface area contributed by atoms with Crippen LogP contribution in [0.4, 0.5) is 11.6 Å². The highest BCUT2D eigenvalue weighted by molar-refractivity contribution is 6.41. The molecule has 15 nitrogen and oxygen atoms in total. The lowest BCUT2D eigenvalue weighted by molar-refractivity contribution is -0.131. The summed E-state index contributed by atoms with van der Waals surface area (Å²) in [6, 6.07) is 9.28. The minimum Gasteiger partial charge on any atom is -0.495 e. The zero-order valence-electron chi connectivity index (χ0n) is 32.1. The first-order valence-electron chi connectivity index (χ1n) is 17.6. The fourth-order valence-electron chi connectivity index (χ4n) is 6.24. The van der Waals surface area contributed by atoms with E-state index in [0.717, 1.165) is 0 Å². The average molecular weight is 807 g/mol. The second-order valence-corrected chi connectivity index (χ2v) is 14.4. The predicted octanol–water partition coefficient (Wildman–Crippen LogP) is 3.74. The van der Waals surface area contributed by atoms with E-state index < -0.39 is 17.6 Å². The van der Waals surface area contributed by atoms with Crippen molar-refractivity contribution in [3.63, 3.8) is 0 Å². The van der Waals surface area contributed by atoms with Crippen LogP contribution in [0.1, 0.15) is 5.56 Å². The number of aromatic nitrogens is 3. The highest BCUT2D eigenvalue weighted by atomic mass is 35.5. The highest BCUT2D eigenvalue weighted by Crippen LogP contribution is 2.45. The number of hydrogen-bond donors (Lipinski definition) is 3. The van der Waals surface area contributed by atoms with Crippen LogP contribution in [0.25, 0.3) is 22.2 Å². The smallest absolute Gasteiger partial charge is 0.260 e. The second-order valence-electron chi connectivity index (χ2n) is 13.7. The summed E-state index contributed by atoms with van der Waals surface area (Å²) in [5, 5.41) is 9.73. The fraction of sp³-hybridized carbons (Fsp3) is 0.333. The third-order valence-electron chi connectivity index (χ3n) is 8.90. The van der Waals surface area contributed by atoms with E-state index in [2.05, 4.69) is 27.5 Å². The van der Waals surface area contributed by atoms with Crippen molar-refractivity contribution in [2.24, 2.45) is 0 Å². The van der Waals surface area contributed by atoms with Gasteiger partial charge in [-0.05, 0) is 58.0 Å². The van der Waals surface area contributed by atoms with Crippen LogP contribution >= 0.6 is 23.2 Å². The zero-order valence-corrected chi connectivity index (χ0v) is 33.6. The molecule has 0 bridgehead atoms. The molecule has 2 unspecified atom stereocenters. The molecule has 296 valence electrons. The number of ether oxygens (including phenoxy) is 2. The molecule has 2 atom stereocenters. The number of likely N-dealkylation sites (tertiary alicyclic amines) is 1. The summed E-state index contributed by atoms with van der Waals surface area (Å²) in [5.74, 6) is -0.134. The number of nitrogens with zero attached hydrogens (tertiary/aromatic N) is 6. The van der Waals surface area contributed by atoms with Gasteiger partial charge in [0, 0.05) is 54.6 Å². The molecule has 56 heavy (non-hydrogen) atoms. The first kappa shape index (κ1) is 41.7. The van der Waals surface area contributed by atoms with E-state index in [0.29, 0.717) is 23.2 Å². The van der Waals surface area contributed by atoms with Crippen molar-refractivity contribution in [1.82, 2.24) is 34.6 Å². The molecule has 1 aliphatic heterocycles. The van der Waals surface area contributed by atoms with Gasteiger partial charge >= 0.3 is 0 Å². The molecule has 17 heteroatoms. The van der Waals surface area contributed by atoms with Crippen molar-refractivity contribution in [2.75, 3.05) is 79.2 Å². The Balaban J connectivity index is 1.60. The number of methoxy groups -OCH3 is 2. The summed E-state index contributed by atoms with van der Waals surface area (Å²) >= 11 is 13.6. The Hall–Kier alpha value is -5.48. The second kappa shape index (κ2) is 18.4. The van der Waals surface area contributed by atoms with Crippen LogP contribution in [-0.2, 0) is 20.9 Å². The molecule has 0 radical (unpaired) electrons. The molecule has 3 heterocycles. The number of carbonyl (C=O) groups excluding carboxylic acids is 3. The van der Waals surface area contributed by atoms with E-state index in [4.69, 9.17) is 37.7 Å². The van der Waals surface area contributed by atoms with E-state index in [1.54, 1.807) is 60.4 Å². The van der Waals surface area contributed by atoms with E-state index in [1.807, 2.05) is 25.1 Å². The lowest BCUT2D eigenvalue weighted by Gasteiger charge is -2.21. The fourth-order valence-corrected chi connectivity index (χ4v) is 6.94. The van der Waals surface area contributed by atoms with Crippen LogP contribution in [0.15, 0.2) is 72.2 Å². The van der Waals surface area contributed by atoms with Gasteiger partial charge in [-0.2, -0.15) is 4.98 Å². The number of rotatable bonds is 15. The Morgan fingerprint density at radius 1 is 0.982 bits per heavy atom. The monoisotopic (exact) mass is 805 g/mol. The number of benzene rings is 2. The normalized spacial score (nSPS) is 15.4. The molecule has 3 amide bonds. The molecule has 1 aliphatic rings. The van der Waals surface area contributed by atoms with Gasteiger partial charge in [0.05, 0.1) is 55.0 Å². The number of pyridine rings is 1. The number of likely N-dealkylation sites (N-methyl/N-ethyl adjacent to an activating group) is 2. The van der Waals surface area contributed by atoms with E-state index in [1.165, 1.54) is 37.0 Å². The molecule has 0 saturated carbocycles. The van der Waals surface area contributed by atoms with Gasteiger partial charge in [-0.25, -0.2) is 4.98 Å². The van der Waals surface area contributed by atoms with E-state index in [-0.39, 0.29) is 88.2 Å². The van der Waals surface area contributed by atoms with Gasteiger partial charge in [0.25, 0.3) is 5.56 Å². The van der Waals surface area contributed by atoms with Gasteiger partial charge in [0.1, 0.15) is 17.1 Å². The van der Waals surface area contributed by atoms with Crippen molar-refractivity contribution in [3.8, 4) is 22.6 Å². The highest BCUT2D eigenvalue weighted by Gasteiger charge is 2.36. The summed E-state index contributed by atoms with van der Waals surface area (Å²) in [7, 11) is 10.3. The number of halogens is 2. The number of amides is 3. The molecule has 5 rings (SSSR count). The van der Waals surface area contributed by atoms with Crippen LogP contribution in [-0.4, -0.2) is 128 Å². The zero-order chi connectivity index (χ0) is 40.7. The molecule has 3 N–H and O–H groups in total. The lowest BCUT2D eigenvalue weighted by atomic mass is 10.0. The third kappa shape index (κ3) is 9.84. The van der Waals surface area contributed by atoms with Crippen molar-refractivity contribution in [1.29, 1.82) is 0 Å². The Labute approximate surface area is 334 Å². The summed E-state index contributed by atoms with van der Waals surface area (Å²) in [5.41, 5.74) is 1.32. The van der Waals surface area contributed by atoms with Gasteiger partial charge in [-0.15, -0.1) is 0 Å². The minimum absolute atomic E-state index is 0.0183. The molecule has 1 fully saturated rings. The van der Waals surface area contributed by atoms with Crippen LogP contribution in [0.2, 0.25) is 10.0 Å². The number of nitrogens with one attached hydrogen (secondary N) is 3. The molecule has 4 aromatic rings. The Bertz CT molecular complexity index is 2200. The van der Waals surface area contributed by atoms with Crippen molar-refractivity contribution >= 4 is 63.6 Å². The Kier molecular flexibility index (Phi) is 13.7. The average Bonchev–Trinajstić information content (AvgIpc) is 3.54. The van der Waals surface area contributed by atoms with Crippen LogP contribution in [0.3, 0.4) is 0 Å². The molecule has 1 saturated heterocycles. The van der Waals surface area contributed by atoms with Crippen LogP contribution in [0, 0.1) is 0 Å². The topological polar surface area (TPSA) is 163 Å². The lowest BCUT2D eigenvalue weighted by Crippen LogP contribution is -2.45. The maximum atomic E-state index is 14.7. The van der Waals surface area contributed by atoms with E-state index >= 15 is 0 Å². The van der Waals surface area contributed by atoms with Gasteiger partial charge < -0.3 is 40.1 Å². The third-order valence-corrected chi connectivity index (χ3v) is 9.65. The molecule has 2 aromatic heterocycles. The first-order chi connectivity index (χ1) is 26.7. The SMILES string of the molecule is C=CC(=O)NC1CN(C(=O)CN(C)C)CC1Nc1ncc2cc(-c3c(Cl)c(OC)cc(OC)c3Cl)c(=O)n(Cc3cccc(NC(=O)/C=C/CN(C)C)c3)c2n1. The number of hydrogen-bond acceptors (Lipinski definition) is 11. The summed E-state index contributed by atoms with van der Waals surface area (Å²) in [6.07, 6.45) is 5.95. The molecule has 2 aromatic carbocycles. The number of fused-ring (bicyclic) bond motifs is 1. The quantitative estimate of drug-likeness (QED) is 0.150. The largest absolute Gasteiger partial charge is 0.495 e. The maximum Gasteiger partial charge on any atom is 0.260 e. The van der Waals surface area contributed by atoms with Gasteiger partial charge in [-0.3, -0.25) is 23.7 Å². The summed E-state index contributed by atoms with van der Waals surface area (Å²) in [6.45, 7) is 4.89. The molecule has 0 aliphatic carbocycles.